The third-order valence-electron chi connectivity index (χ3n) is 4.30. The van der Waals surface area contributed by atoms with Gasteiger partial charge in [0.1, 0.15) is 0 Å². The molecular formula is C20H20N6S. The molecule has 0 saturated carbocycles. The van der Waals surface area contributed by atoms with Gasteiger partial charge in [-0.15, -0.1) is 5.10 Å². The molecule has 7 heteroatoms. The van der Waals surface area contributed by atoms with Crippen molar-refractivity contribution in [3.8, 4) is 0 Å². The third kappa shape index (κ3) is 4.43. The van der Waals surface area contributed by atoms with E-state index in [2.05, 4.69) is 63.8 Å². The molecule has 0 amide bonds. The van der Waals surface area contributed by atoms with Gasteiger partial charge >= 0.3 is 0 Å². The number of aromatic nitrogens is 6. The number of hydrogen-bond donors (Lipinski definition) is 1. The number of benzene rings is 2. The van der Waals surface area contributed by atoms with Crippen molar-refractivity contribution < 1.29 is 0 Å². The van der Waals surface area contributed by atoms with E-state index >= 15 is 0 Å². The Bertz CT molecular complexity index is 994. The lowest BCUT2D eigenvalue weighted by molar-refractivity contribution is 0.631. The Morgan fingerprint density at radius 2 is 1.67 bits per heavy atom. The van der Waals surface area contributed by atoms with Crippen LogP contribution in [0.1, 0.15) is 28.3 Å². The van der Waals surface area contributed by atoms with Crippen molar-refractivity contribution in [2.75, 3.05) is 0 Å². The predicted octanol–water partition coefficient (Wildman–Crippen LogP) is 3.64. The second-order valence-electron chi connectivity index (χ2n) is 6.30. The Hall–Kier alpha value is -2.93. The molecule has 0 aliphatic heterocycles. The van der Waals surface area contributed by atoms with Gasteiger partial charge < -0.3 is 4.98 Å². The quantitative estimate of drug-likeness (QED) is 0.499. The summed E-state index contributed by atoms with van der Waals surface area (Å²) in [6.07, 6.45) is 0.829. The molecule has 2 aromatic heterocycles. The molecule has 1 N–H and O–H groups in total. The van der Waals surface area contributed by atoms with Crippen LogP contribution in [0.2, 0.25) is 0 Å². The number of thioether (sulfide) groups is 1. The zero-order valence-electron chi connectivity index (χ0n) is 15.0. The molecule has 0 spiro atoms. The van der Waals surface area contributed by atoms with Crippen molar-refractivity contribution in [1.29, 1.82) is 0 Å². The summed E-state index contributed by atoms with van der Waals surface area (Å²) in [6, 6.07) is 20.6. The average Bonchev–Trinajstić information content (AvgIpc) is 3.28. The molecule has 6 nitrogen and oxygen atoms in total. The molecule has 0 bridgehead atoms. The first kappa shape index (κ1) is 17.5. The molecule has 2 aromatic carbocycles. The topological polar surface area (TPSA) is 72.3 Å². The van der Waals surface area contributed by atoms with Gasteiger partial charge in [0, 0.05) is 12.1 Å². The van der Waals surface area contributed by atoms with E-state index in [1.165, 1.54) is 11.1 Å². The van der Waals surface area contributed by atoms with Gasteiger partial charge in [-0.2, -0.15) is 0 Å². The maximum absolute atomic E-state index is 4.75. The Morgan fingerprint density at radius 1 is 0.963 bits per heavy atom. The van der Waals surface area contributed by atoms with E-state index < -0.39 is 0 Å². The van der Waals surface area contributed by atoms with E-state index in [4.69, 9.17) is 4.98 Å². The number of nitrogens with one attached hydrogen (secondary N) is 1. The maximum atomic E-state index is 4.75. The van der Waals surface area contributed by atoms with Crippen molar-refractivity contribution in [3.63, 3.8) is 0 Å². The average molecular weight is 376 g/mol. The van der Waals surface area contributed by atoms with Crippen LogP contribution in [0.4, 0.5) is 0 Å². The van der Waals surface area contributed by atoms with Gasteiger partial charge in [0.2, 0.25) is 0 Å². The van der Waals surface area contributed by atoms with Crippen LogP contribution in [0.15, 0.2) is 65.8 Å². The molecule has 0 radical (unpaired) electrons. The predicted molar refractivity (Wildman–Crippen MR) is 105 cm³/mol. The molecule has 27 heavy (non-hydrogen) atoms. The Morgan fingerprint density at radius 3 is 2.41 bits per heavy atom. The number of imidazole rings is 1. The van der Waals surface area contributed by atoms with E-state index in [9.17, 15) is 0 Å². The van der Waals surface area contributed by atoms with Gasteiger partial charge in [-0.25, -0.2) is 9.67 Å². The van der Waals surface area contributed by atoms with E-state index in [1.54, 1.807) is 11.8 Å². The van der Waals surface area contributed by atoms with E-state index in [0.717, 1.165) is 28.8 Å². The molecule has 0 aliphatic rings. The van der Waals surface area contributed by atoms with E-state index in [-0.39, 0.29) is 0 Å². The molecule has 0 saturated heterocycles. The molecule has 2 heterocycles. The number of aryl methyl sites for hydroxylation is 1. The third-order valence-corrected chi connectivity index (χ3v) is 5.17. The number of hydrogen-bond acceptors (Lipinski definition) is 5. The minimum Gasteiger partial charge on any atom is -0.337 e. The summed E-state index contributed by atoms with van der Waals surface area (Å²) >= 11 is 1.62. The largest absolute Gasteiger partial charge is 0.337 e. The lowest BCUT2D eigenvalue weighted by atomic mass is 10.1. The summed E-state index contributed by atoms with van der Waals surface area (Å²) in [4.78, 5) is 8.12. The molecular weight excluding hydrogens is 356 g/mol. The van der Waals surface area contributed by atoms with Crippen LogP contribution >= 0.6 is 11.8 Å². The van der Waals surface area contributed by atoms with Crippen LogP contribution in [-0.4, -0.2) is 30.2 Å². The standard InChI is InChI=1S/C20H20N6S/c1-15-18(12-16-8-4-2-5-9-16)22-20(21-15)27-14-19-23-24-25-26(19)13-17-10-6-3-7-11-17/h2-11H,12-14H2,1H3,(H,21,22). The summed E-state index contributed by atoms with van der Waals surface area (Å²) < 4.78 is 1.84. The number of aromatic amines is 1. The second-order valence-corrected chi connectivity index (χ2v) is 7.27. The first-order valence-electron chi connectivity index (χ1n) is 8.79. The van der Waals surface area contributed by atoms with Crippen LogP contribution in [0.3, 0.4) is 0 Å². The van der Waals surface area contributed by atoms with Crippen LogP contribution in [0, 0.1) is 6.92 Å². The summed E-state index contributed by atoms with van der Waals surface area (Å²) in [7, 11) is 0. The summed E-state index contributed by atoms with van der Waals surface area (Å²) in [5.74, 6) is 1.50. The fourth-order valence-electron chi connectivity index (χ4n) is 2.84. The Labute approximate surface area is 162 Å². The van der Waals surface area contributed by atoms with Gasteiger partial charge in [-0.05, 0) is 28.5 Å². The van der Waals surface area contributed by atoms with Gasteiger partial charge in [-0.3, -0.25) is 0 Å². The Balaban J connectivity index is 1.41. The first-order valence-corrected chi connectivity index (χ1v) is 9.77. The van der Waals surface area contributed by atoms with Gasteiger partial charge in [0.25, 0.3) is 0 Å². The number of rotatable bonds is 7. The molecule has 0 unspecified atom stereocenters. The second kappa shape index (κ2) is 8.18. The van der Waals surface area contributed by atoms with Crippen LogP contribution < -0.4 is 0 Å². The zero-order chi connectivity index (χ0) is 18.5. The van der Waals surface area contributed by atoms with Crippen molar-refractivity contribution >= 4 is 11.8 Å². The SMILES string of the molecule is Cc1[nH]c(SCc2nnnn2Cc2ccccc2)nc1Cc1ccccc1. The highest BCUT2D eigenvalue weighted by Crippen LogP contribution is 2.22. The van der Waals surface area contributed by atoms with Crippen molar-refractivity contribution in [2.24, 2.45) is 0 Å². The monoisotopic (exact) mass is 376 g/mol. The lowest BCUT2D eigenvalue weighted by Crippen LogP contribution is -2.06. The molecule has 0 fully saturated rings. The highest BCUT2D eigenvalue weighted by atomic mass is 32.2. The van der Waals surface area contributed by atoms with Crippen molar-refractivity contribution in [1.82, 2.24) is 30.2 Å². The Kier molecular flexibility index (Phi) is 5.29. The van der Waals surface area contributed by atoms with Crippen molar-refractivity contribution in [2.45, 2.75) is 30.8 Å². The minimum atomic E-state index is 0.664. The smallest absolute Gasteiger partial charge is 0.166 e. The highest BCUT2D eigenvalue weighted by molar-refractivity contribution is 7.98. The highest BCUT2D eigenvalue weighted by Gasteiger charge is 2.11. The van der Waals surface area contributed by atoms with Crippen LogP contribution in [0.5, 0.6) is 0 Å². The van der Waals surface area contributed by atoms with Gasteiger partial charge in [-0.1, -0.05) is 72.4 Å². The van der Waals surface area contributed by atoms with E-state index in [0.29, 0.717) is 12.3 Å². The zero-order valence-corrected chi connectivity index (χ0v) is 15.9. The van der Waals surface area contributed by atoms with Gasteiger partial charge in [0.05, 0.1) is 18.0 Å². The summed E-state index contributed by atoms with van der Waals surface area (Å²) in [5.41, 5.74) is 4.61. The molecule has 136 valence electrons. The summed E-state index contributed by atoms with van der Waals surface area (Å²) in [6.45, 7) is 2.73. The number of tetrazole rings is 1. The summed E-state index contributed by atoms with van der Waals surface area (Å²) in [5, 5.41) is 13.0. The van der Waals surface area contributed by atoms with Crippen LogP contribution in [-0.2, 0) is 18.7 Å². The molecule has 0 atom stereocenters. The fourth-order valence-corrected chi connectivity index (χ4v) is 3.71. The number of H-pyrrole nitrogens is 1. The first-order chi connectivity index (χ1) is 13.3. The maximum Gasteiger partial charge on any atom is 0.166 e. The van der Waals surface area contributed by atoms with E-state index in [1.807, 2.05) is 28.9 Å². The number of nitrogens with zero attached hydrogens (tertiary/aromatic N) is 5. The normalized spacial score (nSPS) is 11.0. The molecule has 4 aromatic rings. The van der Waals surface area contributed by atoms with Gasteiger partial charge in [0.15, 0.2) is 11.0 Å². The molecule has 0 aliphatic carbocycles. The fraction of sp³-hybridized carbons (Fsp3) is 0.200. The minimum absolute atomic E-state index is 0.664. The molecule has 4 rings (SSSR count). The van der Waals surface area contributed by atoms with Crippen molar-refractivity contribution in [3.05, 3.63) is 89.0 Å². The van der Waals surface area contributed by atoms with Crippen LogP contribution in [0.25, 0.3) is 0 Å². The lowest BCUT2D eigenvalue weighted by Gasteiger charge is -2.03.